The lowest BCUT2D eigenvalue weighted by atomic mass is 10.0. The van der Waals surface area contributed by atoms with Crippen LogP contribution in [0.5, 0.6) is 0 Å². The molecular formula is C21H13N3O2S. The summed E-state index contributed by atoms with van der Waals surface area (Å²) in [5, 5.41) is 15.6. The van der Waals surface area contributed by atoms with Gasteiger partial charge in [0.05, 0.1) is 16.6 Å². The quantitative estimate of drug-likeness (QED) is 0.301. The van der Waals surface area contributed by atoms with E-state index >= 15 is 0 Å². The molecule has 0 spiro atoms. The first-order chi connectivity index (χ1) is 13.2. The first kappa shape index (κ1) is 16.9. The molecule has 0 saturated heterocycles. The normalized spacial score (nSPS) is 11.4. The SMILES string of the molecule is N#C/C(=N/OC(=O)Cc1cccc2ccccc12)c1nc2ccccc2s1. The number of carbonyl (C=O) groups is 1. The Labute approximate surface area is 159 Å². The van der Waals surface area contributed by atoms with Crippen molar-refractivity contribution in [2.75, 3.05) is 0 Å². The van der Waals surface area contributed by atoms with Gasteiger partial charge in [0.1, 0.15) is 6.07 Å². The molecule has 0 radical (unpaired) electrons. The summed E-state index contributed by atoms with van der Waals surface area (Å²) in [6.07, 6.45) is 0.0728. The molecule has 0 saturated carbocycles. The molecule has 6 heteroatoms. The zero-order chi connectivity index (χ0) is 18.6. The third-order valence-corrected chi connectivity index (χ3v) is 5.10. The van der Waals surface area contributed by atoms with Crippen molar-refractivity contribution < 1.29 is 9.63 Å². The van der Waals surface area contributed by atoms with E-state index in [1.54, 1.807) is 0 Å². The summed E-state index contributed by atoms with van der Waals surface area (Å²) in [6, 6.07) is 23.1. The van der Waals surface area contributed by atoms with Crippen LogP contribution in [0.25, 0.3) is 21.0 Å². The van der Waals surface area contributed by atoms with Crippen LogP contribution in [0.3, 0.4) is 0 Å². The molecule has 0 aliphatic heterocycles. The topological polar surface area (TPSA) is 75.3 Å². The number of fused-ring (bicyclic) bond motifs is 2. The minimum atomic E-state index is -0.528. The van der Waals surface area contributed by atoms with E-state index in [4.69, 9.17) is 4.84 Å². The molecule has 0 bridgehead atoms. The molecule has 27 heavy (non-hydrogen) atoms. The summed E-state index contributed by atoms with van der Waals surface area (Å²) >= 11 is 1.33. The Kier molecular flexibility index (Phi) is 4.60. The molecule has 4 aromatic rings. The lowest BCUT2D eigenvalue weighted by molar-refractivity contribution is -0.142. The molecule has 130 valence electrons. The summed E-state index contributed by atoms with van der Waals surface area (Å²) in [6.45, 7) is 0. The summed E-state index contributed by atoms with van der Waals surface area (Å²) in [5.41, 5.74) is 1.62. The molecule has 3 aromatic carbocycles. The maximum absolute atomic E-state index is 12.2. The van der Waals surface area contributed by atoms with Crippen LogP contribution in [-0.2, 0) is 16.1 Å². The van der Waals surface area contributed by atoms with Crippen LogP contribution in [0, 0.1) is 11.3 Å². The zero-order valence-electron chi connectivity index (χ0n) is 14.1. The lowest BCUT2D eigenvalue weighted by Gasteiger charge is -2.04. The summed E-state index contributed by atoms with van der Waals surface area (Å²) in [7, 11) is 0. The molecule has 4 rings (SSSR count). The molecule has 0 aliphatic carbocycles. The molecule has 0 atom stereocenters. The Bertz CT molecular complexity index is 1180. The van der Waals surface area contributed by atoms with Gasteiger partial charge in [-0.05, 0) is 28.5 Å². The summed E-state index contributed by atoms with van der Waals surface area (Å²) in [4.78, 5) is 21.6. The second-order valence-corrected chi connectivity index (χ2v) is 6.85. The van der Waals surface area contributed by atoms with Gasteiger partial charge in [0.25, 0.3) is 0 Å². The van der Waals surface area contributed by atoms with Crippen LogP contribution >= 0.6 is 11.3 Å². The number of thiazole rings is 1. The Morgan fingerprint density at radius 1 is 1.07 bits per heavy atom. The number of para-hydroxylation sites is 1. The zero-order valence-corrected chi connectivity index (χ0v) is 14.9. The third kappa shape index (κ3) is 3.54. The summed E-state index contributed by atoms with van der Waals surface area (Å²) in [5.74, 6) is -0.528. The van der Waals surface area contributed by atoms with Gasteiger partial charge in [0.2, 0.25) is 5.71 Å². The lowest BCUT2D eigenvalue weighted by Crippen LogP contribution is -2.07. The number of aromatic nitrogens is 1. The second-order valence-electron chi connectivity index (χ2n) is 5.82. The number of oxime groups is 1. The van der Waals surface area contributed by atoms with Crippen molar-refractivity contribution in [2.45, 2.75) is 6.42 Å². The number of rotatable bonds is 4. The van der Waals surface area contributed by atoms with Crippen molar-refractivity contribution in [1.82, 2.24) is 4.98 Å². The fourth-order valence-electron chi connectivity index (χ4n) is 2.81. The van der Waals surface area contributed by atoms with Crippen LogP contribution in [0.15, 0.2) is 71.9 Å². The van der Waals surface area contributed by atoms with Crippen LogP contribution < -0.4 is 0 Å². The Hall–Kier alpha value is -3.56. The van der Waals surface area contributed by atoms with Crippen molar-refractivity contribution in [3.05, 3.63) is 77.3 Å². The highest BCUT2D eigenvalue weighted by Gasteiger charge is 2.13. The Morgan fingerprint density at radius 3 is 2.70 bits per heavy atom. The largest absolute Gasteiger partial charge is 0.339 e. The minimum absolute atomic E-state index is 0.0116. The fraction of sp³-hybridized carbons (Fsp3) is 0.0476. The highest BCUT2D eigenvalue weighted by molar-refractivity contribution is 7.20. The molecule has 0 aliphatic rings. The van der Waals surface area contributed by atoms with E-state index in [1.807, 2.05) is 72.8 Å². The number of benzene rings is 3. The van der Waals surface area contributed by atoms with Crippen molar-refractivity contribution >= 4 is 44.0 Å². The maximum Gasteiger partial charge on any atom is 0.339 e. The molecule has 0 fully saturated rings. The van der Waals surface area contributed by atoms with Crippen molar-refractivity contribution in [1.29, 1.82) is 5.26 Å². The average molecular weight is 371 g/mol. The van der Waals surface area contributed by atoms with Crippen molar-refractivity contribution in [2.24, 2.45) is 5.16 Å². The van der Waals surface area contributed by atoms with Crippen LogP contribution in [-0.4, -0.2) is 16.7 Å². The van der Waals surface area contributed by atoms with E-state index in [1.165, 1.54) is 11.3 Å². The number of nitrogens with zero attached hydrogens (tertiary/aromatic N) is 3. The van der Waals surface area contributed by atoms with Crippen LogP contribution in [0.1, 0.15) is 10.6 Å². The van der Waals surface area contributed by atoms with Gasteiger partial charge in [-0.15, -0.1) is 11.3 Å². The predicted molar refractivity (Wildman–Crippen MR) is 106 cm³/mol. The highest BCUT2D eigenvalue weighted by atomic mass is 32.1. The third-order valence-electron chi connectivity index (χ3n) is 4.06. The van der Waals surface area contributed by atoms with Crippen LogP contribution in [0.4, 0.5) is 0 Å². The monoisotopic (exact) mass is 371 g/mol. The van der Waals surface area contributed by atoms with Gasteiger partial charge in [-0.2, -0.15) is 5.26 Å². The first-order valence-electron chi connectivity index (χ1n) is 8.25. The van der Waals surface area contributed by atoms with Gasteiger partial charge in [-0.3, -0.25) is 0 Å². The number of nitriles is 1. The average Bonchev–Trinajstić information content (AvgIpc) is 3.13. The molecule has 1 aromatic heterocycles. The predicted octanol–water partition coefficient (Wildman–Crippen LogP) is 4.46. The fourth-order valence-corrected chi connectivity index (χ4v) is 3.71. The van der Waals surface area contributed by atoms with Gasteiger partial charge in [0, 0.05) is 0 Å². The number of carbonyl (C=O) groups excluding carboxylic acids is 1. The highest BCUT2D eigenvalue weighted by Crippen LogP contribution is 2.22. The van der Waals surface area contributed by atoms with Gasteiger partial charge in [0.15, 0.2) is 5.01 Å². The van der Waals surface area contributed by atoms with E-state index in [2.05, 4.69) is 10.1 Å². The Balaban J connectivity index is 1.53. The molecule has 0 N–H and O–H groups in total. The van der Waals surface area contributed by atoms with E-state index in [0.717, 1.165) is 26.6 Å². The smallest absolute Gasteiger partial charge is 0.316 e. The van der Waals surface area contributed by atoms with Gasteiger partial charge in [-0.1, -0.05) is 59.8 Å². The standard InChI is InChI=1S/C21H13N3O2S/c22-13-18(21-23-17-10-3-4-11-19(17)27-21)24-26-20(25)12-15-8-5-7-14-6-1-2-9-16(14)15/h1-11H,12H2/b24-18-. The number of hydrogen-bond donors (Lipinski definition) is 0. The van der Waals surface area contributed by atoms with E-state index in [9.17, 15) is 10.1 Å². The first-order valence-corrected chi connectivity index (χ1v) is 9.07. The second kappa shape index (κ2) is 7.36. The minimum Gasteiger partial charge on any atom is -0.316 e. The molecule has 0 unspecified atom stereocenters. The molecule has 0 amide bonds. The van der Waals surface area contributed by atoms with Gasteiger partial charge >= 0.3 is 5.97 Å². The van der Waals surface area contributed by atoms with E-state index in [0.29, 0.717) is 5.01 Å². The van der Waals surface area contributed by atoms with Crippen molar-refractivity contribution in [3.63, 3.8) is 0 Å². The van der Waals surface area contributed by atoms with E-state index in [-0.39, 0.29) is 12.1 Å². The molecule has 1 heterocycles. The van der Waals surface area contributed by atoms with E-state index < -0.39 is 5.97 Å². The Morgan fingerprint density at radius 2 is 1.85 bits per heavy atom. The van der Waals surface area contributed by atoms with Gasteiger partial charge < -0.3 is 4.84 Å². The van der Waals surface area contributed by atoms with Crippen molar-refractivity contribution in [3.8, 4) is 6.07 Å². The summed E-state index contributed by atoms with van der Waals surface area (Å²) < 4.78 is 0.942. The molecule has 5 nitrogen and oxygen atoms in total. The van der Waals surface area contributed by atoms with Gasteiger partial charge in [-0.25, -0.2) is 9.78 Å². The number of hydrogen-bond acceptors (Lipinski definition) is 6. The maximum atomic E-state index is 12.2. The molecular weight excluding hydrogens is 358 g/mol. The van der Waals surface area contributed by atoms with Crippen LogP contribution in [0.2, 0.25) is 0 Å².